The summed E-state index contributed by atoms with van der Waals surface area (Å²) in [7, 11) is 0. The largest absolute Gasteiger partial charge is 0.389 e. The Balaban J connectivity index is 0.00000156. The third kappa shape index (κ3) is 4.05. The number of ether oxygens (including phenoxy) is 1. The molecular formula is C19H34ClNO2. The van der Waals surface area contributed by atoms with E-state index in [2.05, 4.69) is 11.8 Å². The summed E-state index contributed by atoms with van der Waals surface area (Å²) in [6, 6.07) is 0. The van der Waals surface area contributed by atoms with E-state index in [0.717, 1.165) is 43.3 Å². The van der Waals surface area contributed by atoms with Gasteiger partial charge in [0, 0.05) is 6.54 Å². The highest BCUT2D eigenvalue weighted by atomic mass is 35.5. The van der Waals surface area contributed by atoms with Crippen molar-refractivity contribution in [3.05, 3.63) is 0 Å². The highest BCUT2D eigenvalue weighted by Crippen LogP contribution is 2.57. The van der Waals surface area contributed by atoms with Gasteiger partial charge >= 0.3 is 0 Å². The number of piperidine rings is 1. The van der Waals surface area contributed by atoms with Gasteiger partial charge in [-0.25, -0.2) is 0 Å². The molecule has 5 fully saturated rings. The molecule has 0 aromatic heterocycles. The molecule has 1 heterocycles. The van der Waals surface area contributed by atoms with Gasteiger partial charge in [0.15, 0.2) is 0 Å². The topological polar surface area (TPSA) is 32.7 Å². The summed E-state index contributed by atoms with van der Waals surface area (Å²) in [4.78, 5) is 2.42. The van der Waals surface area contributed by atoms with Crippen LogP contribution in [0.4, 0.5) is 0 Å². The normalized spacial score (nSPS) is 41.7. The van der Waals surface area contributed by atoms with Gasteiger partial charge in [-0.15, -0.1) is 12.4 Å². The first-order chi connectivity index (χ1) is 10.6. The van der Waals surface area contributed by atoms with E-state index in [9.17, 15) is 5.11 Å². The molecule has 0 radical (unpaired) electrons. The Labute approximate surface area is 147 Å². The maximum atomic E-state index is 10.4. The van der Waals surface area contributed by atoms with Crippen molar-refractivity contribution in [2.24, 2.45) is 23.7 Å². The average molecular weight is 344 g/mol. The predicted molar refractivity (Wildman–Crippen MR) is 94.9 cm³/mol. The van der Waals surface area contributed by atoms with Crippen molar-refractivity contribution in [1.29, 1.82) is 0 Å². The molecule has 0 aromatic carbocycles. The van der Waals surface area contributed by atoms with Gasteiger partial charge in [-0.05, 0) is 88.1 Å². The smallest absolute Gasteiger partial charge is 0.0900 e. The van der Waals surface area contributed by atoms with E-state index in [1.165, 1.54) is 51.4 Å². The van der Waals surface area contributed by atoms with Crippen LogP contribution < -0.4 is 0 Å². The van der Waals surface area contributed by atoms with Crippen molar-refractivity contribution < 1.29 is 9.84 Å². The number of halogens is 1. The maximum Gasteiger partial charge on any atom is 0.0900 e. The lowest BCUT2D eigenvalue weighted by Gasteiger charge is -2.56. The molecule has 0 amide bonds. The SMILES string of the molecule is CC1CCN(CC(O)COC23CC4CC(CC(C4)C2)C3)CC1.Cl. The van der Waals surface area contributed by atoms with Gasteiger partial charge in [0.25, 0.3) is 0 Å². The monoisotopic (exact) mass is 343 g/mol. The quantitative estimate of drug-likeness (QED) is 0.829. The van der Waals surface area contributed by atoms with E-state index in [1.54, 1.807) is 0 Å². The molecule has 0 spiro atoms. The van der Waals surface area contributed by atoms with Crippen molar-refractivity contribution in [2.45, 2.75) is 70.0 Å². The number of rotatable bonds is 5. The van der Waals surface area contributed by atoms with E-state index in [-0.39, 0.29) is 24.1 Å². The minimum atomic E-state index is -0.304. The maximum absolute atomic E-state index is 10.4. The fourth-order valence-electron chi connectivity index (χ4n) is 6.08. The zero-order chi connectivity index (χ0) is 15.2. The minimum Gasteiger partial charge on any atom is -0.389 e. The van der Waals surface area contributed by atoms with E-state index < -0.39 is 0 Å². The first-order valence-corrected chi connectivity index (χ1v) is 9.64. The zero-order valence-electron chi connectivity index (χ0n) is 14.6. The van der Waals surface area contributed by atoms with Crippen LogP contribution in [0.2, 0.25) is 0 Å². The summed E-state index contributed by atoms with van der Waals surface area (Å²) in [6.45, 7) is 5.99. The lowest BCUT2D eigenvalue weighted by atomic mass is 9.54. The predicted octanol–water partition coefficient (Wildman–Crippen LogP) is 3.49. The van der Waals surface area contributed by atoms with Crippen LogP contribution in [0, 0.1) is 23.7 Å². The Morgan fingerprint density at radius 2 is 1.57 bits per heavy atom. The second-order valence-electron chi connectivity index (χ2n) is 9.05. The molecule has 1 atom stereocenters. The number of likely N-dealkylation sites (tertiary alicyclic amines) is 1. The second-order valence-corrected chi connectivity index (χ2v) is 9.05. The van der Waals surface area contributed by atoms with Crippen LogP contribution in [0.25, 0.3) is 0 Å². The highest BCUT2D eigenvalue weighted by Gasteiger charge is 2.51. The van der Waals surface area contributed by atoms with Crippen molar-refractivity contribution >= 4 is 12.4 Å². The molecule has 1 aliphatic heterocycles. The molecule has 0 aromatic rings. The summed E-state index contributed by atoms with van der Waals surface area (Å²) in [5, 5.41) is 10.4. The number of aliphatic hydroxyl groups is 1. The summed E-state index contributed by atoms with van der Waals surface area (Å²) in [6.07, 6.45) is 10.4. The Morgan fingerprint density at radius 3 is 2.09 bits per heavy atom. The van der Waals surface area contributed by atoms with Gasteiger partial charge in [-0.2, -0.15) is 0 Å². The Hall–Kier alpha value is 0.170. The highest BCUT2D eigenvalue weighted by molar-refractivity contribution is 5.85. The van der Waals surface area contributed by atoms with Crippen molar-refractivity contribution in [3.8, 4) is 0 Å². The molecule has 134 valence electrons. The van der Waals surface area contributed by atoms with E-state index in [0.29, 0.717) is 6.61 Å². The van der Waals surface area contributed by atoms with Gasteiger partial charge < -0.3 is 14.7 Å². The summed E-state index contributed by atoms with van der Waals surface area (Å²) in [5.41, 5.74) is 0.145. The van der Waals surface area contributed by atoms with Gasteiger partial charge in [0.05, 0.1) is 18.3 Å². The number of nitrogens with zero attached hydrogens (tertiary/aromatic N) is 1. The molecule has 23 heavy (non-hydrogen) atoms. The fraction of sp³-hybridized carbons (Fsp3) is 1.00. The third-order valence-corrected chi connectivity index (χ3v) is 6.91. The van der Waals surface area contributed by atoms with Crippen molar-refractivity contribution in [1.82, 2.24) is 4.90 Å². The van der Waals surface area contributed by atoms with E-state index in [1.807, 2.05) is 0 Å². The van der Waals surface area contributed by atoms with Gasteiger partial charge in [-0.3, -0.25) is 0 Å². The molecular weight excluding hydrogens is 310 g/mol. The molecule has 4 saturated carbocycles. The Kier molecular flexibility index (Phi) is 5.62. The lowest BCUT2D eigenvalue weighted by molar-refractivity contribution is -0.176. The molecule has 4 heteroatoms. The zero-order valence-corrected chi connectivity index (χ0v) is 15.4. The van der Waals surface area contributed by atoms with E-state index >= 15 is 0 Å². The molecule has 3 nitrogen and oxygen atoms in total. The van der Waals surface area contributed by atoms with E-state index in [4.69, 9.17) is 4.74 Å². The molecule has 1 unspecified atom stereocenters. The van der Waals surface area contributed by atoms with Crippen LogP contribution in [0.5, 0.6) is 0 Å². The van der Waals surface area contributed by atoms with Gasteiger partial charge in [0.2, 0.25) is 0 Å². The van der Waals surface area contributed by atoms with Crippen LogP contribution in [0.1, 0.15) is 58.3 Å². The molecule has 4 aliphatic carbocycles. The Morgan fingerprint density at radius 1 is 1.04 bits per heavy atom. The standard InChI is InChI=1S/C19H33NO2.ClH/c1-14-2-4-20(5-3-14)12-18(21)13-22-19-9-15-6-16(10-19)8-17(7-15)11-19;/h14-18,21H,2-13H2,1H3;1H. The lowest BCUT2D eigenvalue weighted by Crippen LogP contribution is -2.53. The number of hydrogen-bond donors (Lipinski definition) is 1. The Bertz CT molecular complexity index is 360. The van der Waals surface area contributed by atoms with Crippen LogP contribution in [0.3, 0.4) is 0 Å². The molecule has 4 bridgehead atoms. The van der Waals surface area contributed by atoms with Crippen molar-refractivity contribution in [2.75, 3.05) is 26.2 Å². The third-order valence-electron chi connectivity index (χ3n) is 6.91. The minimum absolute atomic E-state index is 0. The first-order valence-electron chi connectivity index (χ1n) is 9.64. The summed E-state index contributed by atoms with van der Waals surface area (Å²) in [5.74, 6) is 3.63. The van der Waals surface area contributed by atoms with Gasteiger partial charge in [0.1, 0.15) is 0 Å². The number of aliphatic hydroxyl groups excluding tert-OH is 1. The van der Waals surface area contributed by atoms with Crippen LogP contribution in [0.15, 0.2) is 0 Å². The number of hydrogen-bond acceptors (Lipinski definition) is 3. The van der Waals surface area contributed by atoms with Crippen molar-refractivity contribution in [3.63, 3.8) is 0 Å². The number of β-amino-alcohol motifs (C(OH)–C–C–N with tert-alkyl or cyclic N) is 1. The molecule has 5 aliphatic rings. The van der Waals surface area contributed by atoms with Crippen LogP contribution in [-0.4, -0.2) is 48.0 Å². The first kappa shape index (κ1) is 18.0. The molecule has 5 rings (SSSR count). The van der Waals surface area contributed by atoms with Gasteiger partial charge in [-0.1, -0.05) is 6.92 Å². The average Bonchev–Trinajstić information content (AvgIpc) is 2.46. The summed E-state index contributed by atoms with van der Waals surface area (Å²) < 4.78 is 6.39. The molecule has 1 saturated heterocycles. The molecule has 1 N–H and O–H groups in total. The van der Waals surface area contributed by atoms with Crippen LogP contribution >= 0.6 is 12.4 Å². The summed E-state index contributed by atoms with van der Waals surface area (Å²) >= 11 is 0. The second kappa shape index (κ2) is 7.19. The fourth-order valence-corrected chi connectivity index (χ4v) is 6.08. The van der Waals surface area contributed by atoms with Crippen LogP contribution in [-0.2, 0) is 4.74 Å².